The van der Waals surface area contributed by atoms with Crippen LogP contribution in [0.25, 0.3) is 11.1 Å². The molecule has 2 aliphatic rings. The van der Waals surface area contributed by atoms with E-state index < -0.39 is 17.7 Å². The Morgan fingerprint density at radius 2 is 1.59 bits per heavy atom. The van der Waals surface area contributed by atoms with Gasteiger partial charge in [-0.15, -0.1) is 0 Å². The Balaban J connectivity index is 1.73. The first-order valence-electron chi connectivity index (χ1n) is 13.6. The van der Waals surface area contributed by atoms with Crippen molar-refractivity contribution in [3.8, 4) is 11.1 Å². The maximum Gasteiger partial charge on any atom is 0.337 e. The highest BCUT2D eigenvalue weighted by molar-refractivity contribution is 5.85. The van der Waals surface area contributed by atoms with Gasteiger partial charge in [0.05, 0.1) is 5.60 Å². The van der Waals surface area contributed by atoms with Gasteiger partial charge in [0.1, 0.15) is 0 Å². The minimum Gasteiger partial charge on any atom is -0.479 e. The molecule has 37 heavy (non-hydrogen) atoms. The Bertz CT molecular complexity index is 1160. The van der Waals surface area contributed by atoms with Crippen molar-refractivity contribution in [2.45, 2.75) is 98.4 Å². The summed E-state index contributed by atoms with van der Waals surface area (Å²) in [4.78, 5) is 27.6. The van der Waals surface area contributed by atoms with Gasteiger partial charge < -0.3 is 20.1 Å². The number of nitrogens with zero attached hydrogens (tertiary/aromatic N) is 1. The Labute approximate surface area is 221 Å². The van der Waals surface area contributed by atoms with Crippen LogP contribution in [-0.2, 0) is 22.6 Å². The predicted octanol–water partition coefficient (Wildman–Crippen LogP) is 6.83. The van der Waals surface area contributed by atoms with E-state index in [4.69, 9.17) is 4.74 Å². The molecule has 1 fully saturated rings. The van der Waals surface area contributed by atoms with Gasteiger partial charge in [0.25, 0.3) is 0 Å². The Morgan fingerprint density at radius 3 is 2.16 bits per heavy atom. The number of carbonyl (C=O) groups excluding carboxylic acids is 1. The van der Waals surface area contributed by atoms with E-state index in [9.17, 15) is 14.7 Å². The molecule has 2 aromatic carbocycles. The lowest BCUT2D eigenvalue weighted by Crippen LogP contribution is -2.39. The molecule has 0 aromatic heterocycles. The van der Waals surface area contributed by atoms with E-state index in [0.29, 0.717) is 24.6 Å². The van der Waals surface area contributed by atoms with E-state index in [2.05, 4.69) is 12.2 Å². The smallest absolute Gasteiger partial charge is 0.337 e. The molecule has 2 N–H and O–H groups in total. The maximum absolute atomic E-state index is 13.2. The number of nitrogens with one attached hydrogen (secondary N) is 1. The molecular weight excluding hydrogens is 464 g/mol. The fourth-order valence-corrected chi connectivity index (χ4v) is 5.91. The second-order valence-electron chi connectivity index (χ2n) is 11.9. The van der Waals surface area contributed by atoms with Crippen LogP contribution >= 0.6 is 0 Å². The van der Waals surface area contributed by atoms with E-state index >= 15 is 0 Å². The summed E-state index contributed by atoms with van der Waals surface area (Å²) in [6.45, 7) is 13.4. The number of carboxylic acid groups (broad SMARTS) is 1. The van der Waals surface area contributed by atoms with E-state index in [0.717, 1.165) is 45.5 Å². The molecule has 0 radical (unpaired) electrons. The van der Waals surface area contributed by atoms with Gasteiger partial charge in [-0.2, -0.15) is 0 Å². The zero-order chi connectivity index (χ0) is 26.9. The van der Waals surface area contributed by atoms with Gasteiger partial charge >= 0.3 is 12.0 Å². The first-order valence-corrected chi connectivity index (χ1v) is 13.6. The number of rotatable bonds is 6. The van der Waals surface area contributed by atoms with Crippen molar-refractivity contribution in [2.75, 3.05) is 6.54 Å². The van der Waals surface area contributed by atoms with Gasteiger partial charge in [-0.3, -0.25) is 0 Å². The average Bonchev–Trinajstić information content (AvgIpc) is 3.30. The molecule has 1 unspecified atom stereocenters. The third kappa shape index (κ3) is 6.01. The number of aliphatic carboxylic acids is 1. The van der Waals surface area contributed by atoms with Crippen molar-refractivity contribution >= 4 is 12.0 Å². The molecule has 1 saturated carbocycles. The molecule has 1 aliphatic carbocycles. The van der Waals surface area contributed by atoms with Crippen molar-refractivity contribution in [2.24, 2.45) is 5.92 Å². The minimum atomic E-state index is -1.12. The summed E-state index contributed by atoms with van der Waals surface area (Å²) in [5, 5.41) is 13.5. The summed E-state index contributed by atoms with van der Waals surface area (Å²) in [6.07, 6.45) is 5.06. The van der Waals surface area contributed by atoms with Crippen molar-refractivity contribution in [1.82, 2.24) is 10.2 Å². The second-order valence-corrected chi connectivity index (χ2v) is 11.9. The molecule has 0 saturated heterocycles. The summed E-state index contributed by atoms with van der Waals surface area (Å²) < 4.78 is 6.15. The summed E-state index contributed by atoms with van der Waals surface area (Å²) in [7, 11) is 0. The third-order valence-corrected chi connectivity index (χ3v) is 7.87. The van der Waals surface area contributed by atoms with Crippen molar-refractivity contribution < 1.29 is 19.4 Å². The van der Waals surface area contributed by atoms with Crippen molar-refractivity contribution in [3.05, 3.63) is 57.6 Å². The number of carboxylic acids is 1. The molecule has 4 rings (SSSR count). The van der Waals surface area contributed by atoms with Crippen LogP contribution in [0.1, 0.15) is 92.4 Å². The van der Waals surface area contributed by atoms with Gasteiger partial charge in [0, 0.05) is 25.2 Å². The zero-order valence-corrected chi connectivity index (χ0v) is 23.2. The summed E-state index contributed by atoms with van der Waals surface area (Å²) in [5.74, 6) is -0.442. The number of carbonyl (C=O) groups is 2. The number of ether oxygens (including phenoxy) is 1. The highest BCUT2D eigenvalue weighted by atomic mass is 16.5. The van der Waals surface area contributed by atoms with E-state index in [1.807, 2.05) is 63.8 Å². The SMILES string of the molecule is Cc1ccc(-c2c(C)c3c(c(C)c2C(OC(C)(C)C)C(=O)O)CN(C(=O)NCC2CCCCC2)C3)cc1. The quantitative estimate of drug-likeness (QED) is 0.450. The molecule has 1 heterocycles. The first kappa shape index (κ1) is 27.2. The molecule has 6 heteroatoms. The van der Waals surface area contributed by atoms with Crippen LogP contribution in [0, 0.1) is 26.7 Å². The van der Waals surface area contributed by atoms with E-state index in [-0.39, 0.29) is 6.03 Å². The third-order valence-electron chi connectivity index (χ3n) is 7.87. The van der Waals surface area contributed by atoms with Crippen LogP contribution in [0.15, 0.2) is 24.3 Å². The Kier molecular flexibility index (Phi) is 7.98. The molecular formula is C31H42N2O4. The van der Waals surface area contributed by atoms with Crippen LogP contribution in [0.4, 0.5) is 4.79 Å². The number of fused-ring (bicyclic) bond motifs is 1. The number of hydrogen-bond donors (Lipinski definition) is 2. The summed E-state index contributed by atoms with van der Waals surface area (Å²) >= 11 is 0. The number of benzene rings is 2. The Morgan fingerprint density at radius 1 is 1.00 bits per heavy atom. The molecule has 2 amide bonds. The lowest BCUT2D eigenvalue weighted by Gasteiger charge is -2.29. The second kappa shape index (κ2) is 10.9. The normalized spacial score (nSPS) is 17.0. The molecule has 1 atom stereocenters. The van der Waals surface area contributed by atoms with Gasteiger partial charge in [-0.25, -0.2) is 9.59 Å². The number of hydrogen-bond acceptors (Lipinski definition) is 3. The molecule has 0 bridgehead atoms. The van der Waals surface area contributed by atoms with Crippen molar-refractivity contribution in [1.29, 1.82) is 0 Å². The topological polar surface area (TPSA) is 78.9 Å². The van der Waals surface area contributed by atoms with Crippen LogP contribution in [0.2, 0.25) is 0 Å². The largest absolute Gasteiger partial charge is 0.479 e. The van der Waals surface area contributed by atoms with E-state index in [1.165, 1.54) is 32.1 Å². The average molecular weight is 507 g/mol. The standard InChI is InChI=1S/C31H42N2O4/c1-19-12-14-23(15-13-19)26-20(2)24-17-33(30(36)32-16-22-10-8-7-9-11-22)18-25(24)21(3)27(26)28(29(34)35)37-31(4,5)6/h12-15,22,28H,7-11,16-18H2,1-6H3,(H,32,36)(H,34,35). The van der Waals surface area contributed by atoms with E-state index in [1.54, 1.807) is 0 Å². The van der Waals surface area contributed by atoms with Gasteiger partial charge in [-0.05, 0) is 93.7 Å². The first-order chi connectivity index (χ1) is 17.5. The van der Waals surface area contributed by atoms with Gasteiger partial charge in [0.2, 0.25) is 0 Å². The highest BCUT2D eigenvalue weighted by Crippen LogP contribution is 2.43. The zero-order valence-electron chi connectivity index (χ0n) is 23.2. The maximum atomic E-state index is 13.2. The summed E-state index contributed by atoms with van der Waals surface area (Å²) in [5.41, 5.74) is 7.13. The van der Waals surface area contributed by atoms with Crippen LogP contribution < -0.4 is 5.32 Å². The molecule has 200 valence electrons. The molecule has 1 aliphatic heterocycles. The lowest BCUT2D eigenvalue weighted by atomic mass is 9.83. The lowest BCUT2D eigenvalue weighted by molar-refractivity contribution is -0.160. The molecule has 6 nitrogen and oxygen atoms in total. The fourth-order valence-electron chi connectivity index (χ4n) is 5.91. The number of urea groups is 1. The fraction of sp³-hybridized carbons (Fsp3) is 0.548. The monoisotopic (exact) mass is 506 g/mol. The minimum absolute atomic E-state index is 0.0419. The molecule has 0 spiro atoms. The Hall–Kier alpha value is -2.86. The number of aryl methyl sites for hydroxylation is 1. The van der Waals surface area contributed by atoms with Gasteiger partial charge in [-0.1, -0.05) is 49.1 Å². The number of amides is 2. The van der Waals surface area contributed by atoms with Crippen LogP contribution in [-0.4, -0.2) is 34.2 Å². The van der Waals surface area contributed by atoms with Gasteiger partial charge in [0.15, 0.2) is 6.10 Å². The highest BCUT2D eigenvalue weighted by Gasteiger charge is 2.36. The predicted molar refractivity (Wildman–Crippen MR) is 147 cm³/mol. The molecule has 2 aromatic rings. The van der Waals surface area contributed by atoms with Crippen molar-refractivity contribution in [3.63, 3.8) is 0 Å². The van der Waals surface area contributed by atoms with Crippen LogP contribution in [0.5, 0.6) is 0 Å². The summed E-state index contributed by atoms with van der Waals surface area (Å²) in [6, 6.07) is 8.15. The van der Waals surface area contributed by atoms with Crippen LogP contribution in [0.3, 0.4) is 0 Å².